The number of aromatic amines is 1. The summed E-state index contributed by atoms with van der Waals surface area (Å²) in [7, 11) is 5.27. The number of aromatic nitrogens is 2. The molecule has 2 aromatic rings. The molecule has 6 heteroatoms. The zero-order valence-electron chi connectivity index (χ0n) is 15.8. The molecule has 1 N–H and O–H groups in total. The molecule has 5 nitrogen and oxygen atoms in total. The summed E-state index contributed by atoms with van der Waals surface area (Å²) in [5.41, 5.74) is 2.12. The molecule has 1 amide bonds. The Morgan fingerprint density at radius 3 is 2.40 bits per heavy atom. The zero-order chi connectivity index (χ0) is 18.8. The molecule has 0 aliphatic heterocycles. The van der Waals surface area contributed by atoms with Crippen LogP contribution in [-0.4, -0.2) is 47.0 Å². The van der Waals surface area contributed by atoms with Crippen LogP contribution >= 0.6 is 0 Å². The highest BCUT2D eigenvalue weighted by atomic mass is 19.1. The third-order valence-corrected chi connectivity index (χ3v) is 4.13. The summed E-state index contributed by atoms with van der Waals surface area (Å²) in [4.78, 5) is 16.2. The summed E-state index contributed by atoms with van der Waals surface area (Å²) in [5.74, 6) is -0.540. The number of nitrogens with zero attached hydrogens (tertiary/aromatic N) is 3. The fourth-order valence-corrected chi connectivity index (χ4v) is 2.70. The zero-order valence-corrected chi connectivity index (χ0v) is 15.8. The van der Waals surface area contributed by atoms with Crippen LogP contribution in [0.5, 0.6) is 0 Å². The highest BCUT2D eigenvalue weighted by Gasteiger charge is 2.28. The van der Waals surface area contributed by atoms with Gasteiger partial charge in [-0.3, -0.25) is 14.8 Å². The van der Waals surface area contributed by atoms with Crippen LogP contribution in [0.25, 0.3) is 0 Å². The first-order chi connectivity index (χ1) is 11.6. The van der Waals surface area contributed by atoms with Gasteiger partial charge >= 0.3 is 0 Å². The molecule has 0 fully saturated rings. The monoisotopic (exact) mass is 346 g/mol. The van der Waals surface area contributed by atoms with Crippen LogP contribution in [0.2, 0.25) is 0 Å². The molecular weight excluding hydrogens is 319 g/mol. The van der Waals surface area contributed by atoms with Gasteiger partial charge in [0, 0.05) is 18.0 Å². The molecule has 136 valence electrons. The van der Waals surface area contributed by atoms with Crippen molar-refractivity contribution in [1.29, 1.82) is 0 Å². The van der Waals surface area contributed by atoms with Gasteiger partial charge in [0.2, 0.25) is 5.91 Å². The molecule has 1 atom stereocenters. The maximum Gasteiger partial charge on any atom is 0.244 e. The minimum atomic E-state index is -0.670. The van der Waals surface area contributed by atoms with Crippen molar-refractivity contribution in [1.82, 2.24) is 20.0 Å². The predicted molar refractivity (Wildman–Crippen MR) is 96.6 cm³/mol. The number of H-pyrrole nitrogens is 1. The molecule has 1 aromatic carbocycles. The first kappa shape index (κ1) is 19.1. The van der Waals surface area contributed by atoms with Gasteiger partial charge in [-0.05, 0) is 26.2 Å². The highest BCUT2D eigenvalue weighted by molar-refractivity contribution is 5.83. The maximum atomic E-state index is 14.2. The van der Waals surface area contributed by atoms with Crippen LogP contribution in [0.3, 0.4) is 0 Å². The number of halogens is 1. The van der Waals surface area contributed by atoms with Crippen LogP contribution in [0, 0.1) is 5.82 Å². The largest absolute Gasteiger partial charge is 0.338 e. The number of benzene rings is 1. The lowest BCUT2D eigenvalue weighted by atomic mass is 9.92. The molecule has 1 aromatic heterocycles. The van der Waals surface area contributed by atoms with Crippen molar-refractivity contribution in [3.63, 3.8) is 0 Å². The second kappa shape index (κ2) is 7.35. The number of likely N-dealkylation sites (N-methyl/N-ethyl adjacent to an activating group) is 2. The molecule has 0 spiro atoms. The van der Waals surface area contributed by atoms with Crippen molar-refractivity contribution in [2.45, 2.75) is 38.8 Å². The molecule has 0 saturated carbocycles. The number of hydrogen-bond acceptors (Lipinski definition) is 3. The molecule has 0 unspecified atom stereocenters. The van der Waals surface area contributed by atoms with Gasteiger partial charge in [-0.1, -0.05) is 39.0 Å². The third kappa shape index (κ3) is 4.45. The lowest BCUT2D eigenvalue weighted by molar-refractivity contribution is -0.135. The predicted octanol–water partition coefficient (Wildman–Crippen LogP) is 3.11. The number of rotatable bonds is 5. The highest BCUT2D eigenvalue weighted by Crippen LogP contribution is 2.25. The summed E-state index contributed by atoms with van der Waals surface area (Å²) in [6, 6.07) is 7.70. The Labute approximate surface area is 148 Å². The van der Waals surface area contributed by atoms with Gasteiger partial charge in [0.1, 0.15) is 11.9 Å². The molecular formula is C19H27FN4O. The van der Waals surface area contributed by atoms with Crippen molar-refractivity contribution in [2.75, 3.05) is 21.1 Å². The van der Waals surface area contributed by atoms with Crippen molar-refractivity contribution >= 4 is 5.91 Å². The Balaban J connectivity index is 2.19. The Kier molecular flexibility index (Phi) is 5.62. The Morgan fingerprint density at radius 2 is 1.88 bits per heavy atom. The van der Waals surface area contributed by atoms with E-state index < -0.39 is 6.04 Å². The third-order valence-electron chi connectivity index (χ3n) is 4.13. The van der Waals surface area contributed by atoms with Gasteiger partial charge in [0.05, 0.1) is 17.9 Å². The van der Waals surface area contributed by atoms with Gasteiger partial charge in [-0.15, -0.1) is 0 Å². The van der Waals surface area contributed by atoms with Crippen LogP contribution < -0.4 is 0 Å². The van der Waals surface area contributed by atoms with Gasteiger partial charge in [-0.2, -0.15) is 5.10 Å². The molecule has 0 aliphatic rings. The van der Waals surface area contributed by atoms with Crippen molar-refractivity contribution in [2.24, 2.45) is 0 Å². The van der Waals surface area contributed by atoms with E-state index in [2.05, 4.69) is 31.0 Å². The van der Waals surface area contributed by atoms with Crippen LogP contribution in [0.15, 0.2) is 30.3 Å². The molecule has 2 rings (SSSR count). The smallest absolute Gasteiger partial charge is 0.244 e. The van der Waals surface area contributed by atoms with Crippen LogP contribution in [0.1, 0.15) is 43.8 Å². The van der Waals surface area contributed by atoms with Crippen LogP contribution in [-0.2, 0) is 16.8 Å². The first-order valence-corrected chi connectivity index (χ1v) is 8.32. The van der Waals surface area contributed by atoms with E-state index in [1.54, 1.807) is 49.1 Å². The first-order valence-electron chi connectivity index (χ1n) is 8.32. The lowest BCUT2D eigenvalue weighted by Gasteiger charge is -2.28. The number of carbonyl (C=O) groups excluding carboxylic acids is 1. The van der Waals surface area contributed by atoms with Gasteiger partial charge < -0.3 is 4.90 Å². The van der Waals surface area contributed by atoms with E-state index in [9.17, 15) is 9.18 Å². The second-order valence-corrected chi connectivity index (χ2v) is 7.61. The van der Waals surface area contributed by atoms with Gasteiger partial charge in [0.15, 0.2) is 0 Å². The fourth-order valence-electron chi connectivity index (χ4n) is 2.70. The number of hydrogen-bond donors (Lipinski definition) is 1. The van der Waals surface area contributed by atoms with E-state index in [1.165, 1.54) is 6.07 Å². The summed E-state index contributed by atoms with van der Waals surface area (Å²) in [6.45, 7) is 6.65. The molecule has 0 aliphatic carbocycles. The van der Waals surface area contributed by atoms with Crippen LogP contribution in [0.4, 0.5) is 4.39 Å². The SMILES string of the molecule is CN(Cc1cc(C(C)(C)C)n[nH]1)C(=O)[C@H](c1ccccc1F)N(C)C. The minimum Gasteiger partial charge on any atom is -0.338 e. The van der Waals surface area contributed by atoms with E-state index in [-0.39, 0.29) is 17.1 Å². The normalized spacial score (nSPS) is 13.1. The van der Waals surface area contributed by atoms with E-state index in [4.69, 9.17) is 0 Å². The van der Waals surface area contributed by atoms with Crippen molar-refractivity contribution in [3.8, 4) is 0 Å². The number of carbonyl (C=O) groups is 1. The van der Waals surface area contributed by atoms with E-state index in [1.807, 2.05) is 6.07 Å². The topological polar surface area (TPSA) is 52.2 Å². The number of amides is 1. The van der Waals surface area contributed by atoms with E-state index >= 15 is 0 Å². The van der Waals surface area contributed by atoms with Crippen molar-refractivity contribution < 1.29 is 9.18 Å². The molecule has 0 radical (unpaired) electrons. The minimum absolute atomic E-state index is 0.0589. The second-order valence-electron chi connectivity index (χ2n) is 7.61. The molecule has 0 bridgehead atoms. The van der Waals surface area contributed by atoms with E-state index in [0.29, 0.717) is 12.1 Å². The summed E-state index contributed by atoms with van der Waals surface area (Å²) < 4.78 is 14.2. The summed E-state index contributed by atoms with van der Waals surface area (Å²) in [5, 5.41) is 7.30. The standard InChI is InChI=1S/C19H27FN4O/c1-19(2,3)16-11-13(21-22-16)12-24(6)18(25)17(23(4)5)14-9-7-8-10-15(14)20/h7-11,17H,12H2,1-6H3,(H,21,22)/t17-/m0/s1. The molecule has 25 heavy (non-hydrogen) atoms. The Hall–Kier alpha value is -2.21. The van der Waals surface area contributed by atoms with Gasteiger partial charge in [-0.25, -0.2) is 4.39 Å². The fraction of sp³-hybridized carbons (Fsp3) is 0.474. The quantitative estimate of drug-likeness (QED) is 0.905. The maximum absolute atomic E-state index is 14.2. The summed E-state index contributed by atoms with van der Waals surface area (Å²) >= 11 is 0. The average Bonchev–Trinajstić information content (AvgIpc) is 2.97. The average molecular weight is 346 g/mol. The molecule has 0 saturated heterocycles. The number of nitrogens with one attached hydrogen (secondary N) is 1. The van der Waals surface area contributed by atoms with Gasteiger partial charge in [0.25, 0.3) is 0 Å². The Morgan fingerprint density at radius 1 is 1.24 bits per heavy atom. The van der Waals surface area contributed by atoms with Crippen molar-refractivity contribution in [3.05, 3.63) is 53.1 Å². The molecule has 1 heterocycles. The summed E-state index contributed by atoms with van der Waals surface area (Å²) in [6.07, 6.45) is 0. The van der Waals surface area contributed by atoms with E-state index in [0.717, 1.165) is 11.4 Å². The lowest BCUT2D eigenvalue weighted by Crippen LogP contribution is -2.38. The Bertz CT molecular complexity index is 733.